The number of benzene rings is 1. The molecule has 0 aliphatic heterocycles. The van der Waals surface area contributed by atoms with Crippen molar-refractivity contribution in [3.63, 3.8) is 0 Å². The maximum atomic E-state index is 9.66. The van der Waals surface area contributed by atoms with Crippen molar-refractivity contribution in [1.82, 2.24) is 0 Å². The zero-order valence-electron chi connectivity index (χ0n) is 8.87. The van der Waals surface area contributed by atoms with Gasteiger partial charge >= 0.3 is 0 Å². The Labute approximate surface area is 84.8 Å². The molecule has 2 heteroatoms. The fourth-order valence-corrected chi connectivity index (χ4v) is 1.35. The van der Waals surface area contributed by atoms with Crippen LogP contribution in [0.3, 0.4) is 0 Å². The lowest BCUT2D eigenvalue weighted by Gasteiger charge is -2.14. The highest BCUT2D eigenvalue weighted by Crippen LogP contribution is 2.28. The second-order valence-electron chi connectivity index (χ2n) is 3.36. The SMILES string of the molecule is C=CC(O)c1cc(C)c(C)cc1OC. The first-order chi connectivity index (χ1) is 6.60. The van der Waals surface area contributed by atoms with E-state index < -0.39 is 6.10 Å². The van der Waals surface area contributed by atoms with Crippen molar-refractivity contribution in [2.75, 3.05) is 7.11 Å². The number of hydrogen-bond donors (Lipinski definition) is 1. The van der Waals surface area contributed by atoms with Gasteiger partial charge in [0, 0.05) is 5.56 Å². The van der Waals surface area contributed by atoms with Gasteiger partial charge in [-0.1, -0.05) is 6.08 Å². The molecular weight excluding hydrogens is 176 g/mol. The third-order valence-corrected chi connectivity index (χ3v) is 2.39. The van der Waals surface area contributed by atoms with Crippen LogP contribution in [-0.4, -0.2) is 12.2 Å². The summed E-state index contributed by atoms with van der Waals surface area (Å²) in [5.41, 5.74) is 3.06. The molecule has 0 aliphatic rings. The largest absolute Gasteiger partial charge is 0.496 e. The Kier molecular flexibility index (Phi) is 3.31. The van der Waals surface area contributed by atoms with E-state index in [0.717, 1.165) is 16.7 Å². The number of hydrogen-bond acceptors (Lipinski definition) is 2. The number of ether oxygens (including phenoxy) is 1. The summed E-state index contributed by atoms with van der Waals surface area (Å²) in [6.45, 7) is 7.58. The van der Waals surface area contributed by atoms with Crippen molar-refractivity contribution in [2.45, 2.75) is 20.0 Å². The number of aryl methyl sites for hydroxylation is 2. The zero-order chi connectivity index (χ0) is 10.7. The quantitative estimate of drug-likeness (QED) is 0.746. The molecule has 14 heavy (non-hydrogen) atoms. The summed E-state index contributed by atoms with van der Waals surface area (Å²) in [7, 11) is 1.60. The monoisotopic (exact) mass is 192 g/mol. The minimum atomic E-state index is -0.663. The molecule has 76 valence electrons. The third kappa shape index (κ3) is 1.96. The van der Waals surface area contributed by atoms with E-state index in [0.29, 0.717) is 5.75 Å². The van der Waals surface area contributed by atoms with E-state index in [1.165, 1.54) is 6.08 Å². The van der Waals surface area contributed by atoms with Crippen LogP contribution in [0.25, 0.3) is 0 Å². The van der Waals surface area contributed by atoms with E-state index in [9.17, 15) is 5.11 Å². The highest BCUT2D eigenvalue weighted by atomic mass is 16.5. The highest BCUT2D eigenvalue weighted by molar-refractivity contribution is 5.43. The predicted octanol–water partition coefficient (Wildman–Crippen LogP) is 2.53. The lowest BCUT2D eigenvalue weighted by molar-refractivity contribution is 0.223. The van der Waals surface area contributed by atoms with Gasteiger partial charge < -0.3 is 9.84 Å². The molecule has 0 spiro atoms. The van der Waals surface area contributed by atoms with Gasteiger partial charge in [0.1, 0.15) is 11.9 Å². The van der Waals surface area contributed by atoms with E-state index >= 15 is 0 Å². The van der Waals surface area contributed by atoms with Crippen molar-refractivity contribution >= 4 is 0 Å². The number of methoxy groups -OCH3 is 1. The molecule has 1 unspecified atom stereocenters. The molecule has 0 amide bonds. The van der Waals surface area contributed by atoms with Gasteiger partial charge in [-0.3, -0.25) is 0 Å². The average molecular weight is 192 g/mol. The summed E-state index contributed by atoms with van der Waals surface area (Å²) in [4.78, 5) is 0. The lowest BCUT2D eigenvalue weighted by Crippen LogP contribution is -1.99. The van der Waals surface area contributed by atoms with Gasteiger partial charge in [0.25, 0.3) is 0 Å². The van der Waals surface area contributed by atoms with Gasteiger partial charge in [-0.05, 0) is 37.1 Å². The standard InChI is InChI=1S/C12H16O2/c1-5-11(13)10-6-8(2)9(3)7-12(10)14-4/h5-7,11,13H,1H2,2-4H3. The summed E-state index contributed by atoms with van der Waals surface area (Å²) in [5.74, 6) is 0.709. The zero-order valence-corrected chi connectivity index (χ0v) is 8.87. The van der Waals surface area contributed by atoms with E-state index in [1.54, 1.807) is 7.11 Å². The van der Waals surface area contributed by atoms with Crippen LogP contribution in [0.15, 0.2) is 24.8 Å². The number of aliphatic hydroxyl groups is 1. The Morgan fingerprint density at radius 2 is 1.93 bits per heavy atom. The first-order valence-corrected chi connectivity index (χ1v) is 4.56. The van der Waals surface area contributed by atoms with Gasteiger partial charge in [-0.2, -0.15) is 0 Å². The number of aliphatic hydroxyl groups excluding tert-OH is 1. The molecule has 2 nitrogen and oxygen atoms in total. The minimum Gasteiger partial charge on any atom is -0.496 e. The maximum absolute atomic E-state index is 9.66. The average Bonchev–Trinajstić information content (AvgIpc) is 2.20. The summed E-state index contributed by atoms with van der Waals surface area (Å²) < 4.78 is 5.20. The fourth-order valence-electron chi connectivity index (χ4n) is 1.35. The molecule has 0 bridgehead atoms. The second-order valence-corrected chi connectivity index (χ2v) is 3.36. The first-order valence-electron chi connectivity index (χ1n) is 4.56. The maximum Gasteiger partial charge on any atom is 0.125 e. The van der Waals surface area contributed by atoms with E-state index in [-0.39, 0.29) is 0 Å². The van der Waals surface area contributed by atoms with E-state index in [2.05, 4.69) is 6.58 Å². The van der Waals surface area contributed by atoms with Gasteiger partial charge in [-0.15, -0.1) is 6.58 Å². The first kappa shape index (κ1) is 10.8. The normalized spacial score (nSPS) is 12.3. The Morgan fingerprint density at radius 1 is 1.36 bits per heavy atom. The van der Waals surface area contributed by atoms with Crippen LogP contribution in [0.2, 0.25) is 0 Å². The Bertz CT molecular complexity index is 342. The van der Waals surface area contributed by atoms with Crippen molar-refractivity contribution in [2.24, 2.45) is 0 Å². The minimum absolute atomic E-state index is 0.663. The smallest absolute Gasteiger partial charge is 0.125 e. The second kappa shape index (κ2) is 4.29. The van der Waals surface area contributed by atoms with Crippen LogP contribution in [0.1, 0.15) is 22.8 Å². The fraction of sp³-hybridized carbons (Fsp3) is 0.333. The molecule has 1 rings (SSSR count). The van der Waals surface area contributed by atoms with Gasteiger partial charge in [0.05, 0.1) is 7.11 Å². The summed E-state index contributed by atoms with van der Waals surface area (Å²) in [6.07, 6.45) is 0.830. The van der Waals surface area contributed by atoms with Crippen LogP contribution in [0.4, 0.5) is 0 Å². The summed E-state index contributed by atoms with van der Waals surface area (Å²) >= 11 is 0. The molecule has 0 heterocycles. The molecule has 0 saturated heterocycles. The molecular formula is C12H16O2. The summed E-state index contributed by atoms with van der Waals surface area (Å²) in [5, 5.41) is 9.66. The van der Waals surface area contributed by atoms with E-state index in [4.69, 9.17) is 4.74 Å². The van der Waals surface area contributed by atoms with Crippen LogP contribution in [0.5, 0.6) is 5.75 Å². The number of rotatable bonds is 3. The van der Waals surface area contributed by atoms with Gasteiger partial charge in [0.2, 0.25) is 0 Å². The molecule has 0 aromatic heterocycles. The molecule has 0 fully saturated rings. The molecule has 0 saturated carbocycles. The lowest BCUT2D eigenvalue weighted by atomic mass is 10.0. The van der Waals surface area contributed by atoms with Crippen molar-refractivity contribution in [3.05, 3.63) is 41.5 Å². The molecule has 0 aliphatic carbocycles. The molecule has 1 aromatic carbocycles. The molecule has 1 aromatic rings. The van der Waals surface area contributed by atoms with Crippen molar-refractivity contribution in [3.8, 4) is 5.75 Å². The van der Waals surface area contributed by atoms with Crippen LogP contribution in [-0.2, 0) is 0 Å². The third-order valence-electron chi connectivity index (χ3n) is 2.39. The van der Waals surface area contributed by atoms with Crippen molar-refractivity contribution < 1.29 is 9.84 Å². The van der Waals surface area contributed by atoms with Crippen LogP contribution in [0, 0.1) is 13.8 Å². The van der Waals surface area contributed by atoms with Gasteiger partial charge in [0.15, 0.2) is 0 Å². The van der Waals surface area contributed by atoms with Crippen molar-refractivity contribution in [1.29, 1.82) is 0 Å². The molecule has 1 N–H and O–H groups in total. The van der Waals surface area contributed by atoms with Gasteiger partial charge in [-0.25, -0.2) is 0 Å². The molecule has 0 radical (unpaired) electrons. The summed E-state index contributed by atoms with van der Waals surface area (Å²) in [6, 6.07) is 3.86. The van der Waals surface area contributed by atoms with Crippen LogP contribution >= 0.6 is 0 Å². The Morgan fingerprint density at radius 3 is 2.43 bits per heavy atom. The highest BCUT2D eigenvalue weighted by Gasteiger charge is 2.11. The predicted molar refractivity (Wildman–Crippen MR) is 57.6 cm³/mol. The van der Waals surface area contributed by atoms with Crippen LogP contribution < -0.4 is 4.74 Å². The van der Waals surface area contributed by atoms with E-state index in [1.807, 2.05) is 26.0 Å². The topological polar surface area (TPSA) is 29.5 Å². The molecule has 1 atom stereocenters. The Balaban J connectivity index is 3.26. The Hall–Kier alpha value is -1.28.